The Kier molecular flexibility index (Phi) is 12.3. The SMILES string of the molecule is C[N+](C)(C)CCO.O=C(/C=C/c1ccc(O)c(O)c1)O[C@H]1C[C@](OC(=O)/C=C/c2ccc(O)c(O)c2)(C(=O)[O-])C[C@H](O)[C@H]1O. The number of aliphatic hydroxyl groups excluding tert-OH is 3. The van der Waals surface area contributed by atoms with Crippen LogP contribution in [0.5, 0.6) is 23.0 Å². The highest BCUT2D eigenvalue weighted by atomic mass is 16.6. The van der Waals surface area contributed by atoms with E-state index in [4.69, 9.17) is 14.6 Å². The van der Waals surface area contributed by atoms with Crippen molar-refractivity contribution in [2.45, 2.75) is 36.8 Å². The molecule has 0 bridgehead atoms. The van der Waals surface area contributed by atoms with Crippen LogP contribution in [0.2, 0.25) is 0 Å². The van der Waals surface area contributed by atoms with Crippen molar-refractivity contribution in [3.63, 3.8) is 0 Å². The predicted octanol–water partition coefficient (Wildman–Crippen LogP) is -0.620. The van der Waals surface area contributed by atoms with Crippen LogP contribution in [0.25, 0.3) is 12.2 Å². The number of carboxylic acids is 1. The quantitative estimate of drug-likeness (QED) is 0.0803. The second kappa shape index (κ2) is 15.2. The maximum Gasteiger partial charge on any atom is 0.331 e. The number of ether oxygens (including phenoxy) is 2. The second-order valence-corrected chi connectivity index (χ2v) is 11.0. The van der Waals surface area contributed by atoms with Crippen LogP contribution in [0.1, 0.15) is 24.0 Å². The molecule has 14 heteroatoms. The second-order valence-electron chi connectivity index (χ2n) is 11.0. The van der Waals surface area contributed by atoms with E-state index in [9.17, 15) is 50.1 Å². The summed E-state index contributed by atoms with van der Waals surface area (Å²) >= 11 is 0. The number of quaternary nitrogens is 1. The van der Waals surface area contributed by atoms with Gasteiger partial charge in [-0.1, -0.05) is 12.1 Å². The summed E-state index contributed by atoms with van der Waals surface area (Å²) < 4.78 is 11.0. The van der Waals surface area contributed by atoms with Crippen molar-refractivity contribution >= 4 is 30.1 Å². The van der Waals surface area contributed by atoms with Gasteiger partial charge >= 0.3 is 11.9 Å². The number of carbonyl (C=O) groups excluding carboxylic acids is 3. The fourth-order valence-corrected chi connectivity index (χ4v) is 3.97. The first-order chi connectivity index (χ1) is 20.5. The lowest BCUT2D eigenvalue weighted by Crippen LogP contribution is -2.62. The van der Waals surface area contributed by atoms with Crippen molar-refractivity contribution in [1.82, 2.24) is 0 Å². The Hall–Kier alpha value is -4.63. The smallest absolute Gasteiger partial charge is 0.331 e. The third kappa shape index (κ3) is 10.6. The number of hydrogen-bond acceptors (Lipinski definition) is 13. The molecule has 0 heterocycles. The van der Waals surface area contributed by atoms with Gasteiger partial charge in [0.05, 0.1) is 39.8 Å². The van der Waals surface area contributed by atoms with Crippen LogP contribution in [0.3, 0.4) is 0 Å². The molecule has 14 nitrogen and oxygen atoms in total. The van der Waals surface area contributed by atoms with Crippen LogP contribution in [-0.4, -0.2) is 116 Å². The molecule has 0 amide bonds. The van der Waals surface area contributed by atoms with E-state index in [1.54, 1.807) is 0 Å². The summed E-state index contributed by atoms with van der Waals surface area (Å²) in [5.74, 6) is -5.75. The summed E-state index contributed by atoms with van der Waals surface area (Å²) in [5, 5.41) is 78.5. The highest BCUT2D eigenvalue weighted by Crippen LogP contribution is 2.35. The number of carboxylic acid groups (broad SMARTS) is 1. The number of phenols is 4. The molecule has 44 heavy (non-hydrogen) atoms. The van der Waals surface area contributed by atoms with E-state index in [0.717, 1.165) is 35.3 Å². The molecule has 1 fully saturated rings. The van der Waals surface area contributed by atoms with Gasteiger partial charge in [-0.05, 0) is 47.5 Å². The lowest BCUT2D eigenvalue weighted by atomic mass is 9.79. The van der Waals surface area contributed by atoms with Gasteiger partial charge < -0.3 is 59.6 Å². The van der Waals surface area contributed by atoms with E-state index >= 15 is 0 Å². The average molecular weight is 620 g/mol. The van der Waals surface area contributed by atoms with Crippen molar-refractivity contribution < 1.29 is 69.2 Å². The van der Waals surface area contributed by atoms with Gasteiger partial charge in [-0.2, -0.15) is 0 Å². The zero-order valence-electron chi connectivity index (χ0n) is 24.4. The molecule has 4 atom stereocenters. The first-order valence-corrected chi connectivity index (χ1v) is 13.3. The number of benzene rings is 2. The summed E-state index contributed by atoms with van der Waals surface area (Å²) in [5.41, 5.74) is -1.87. The molecule has 2 aromatic carbocycles. The van der Waals surface area contributed by atoms with Gasteiger partial charge in [0, 0.05) is 25.0 Å². The highest BCUT2D eigenvalue weighted by Gasteiger charge is 2.50. The molecule has 0 spiro atoms. The summed E-state index contributed by atoms with van der Waals surface area (Å²) in [7, 11) is 6.16. The summed E-state index contributed by atoms with van der Waals surface area (Å²) in [6.07, 6.45) is -2.40. The van der Waals surface area contributed by atoms with Crippen LogP contribution < -0.4 is 5.11 Å². The maximum absolute atomic E-state index is 12.4. The van der Waals surface area contributed by atoms with Gasteiger partial charge in [0.15, 0.2) is 28.6 Å². The zero-order valence-corrected chi connectivity index (χ0v) is 24.4. The van der Waals surface area contributed by atoms with Crippen LogP contribution in [0.4, 0.5) is 0 Å². The summed E-state index contributed by atoms with van der Waals surface area (Å²) in [4.78, 5) is 36.6. The standard InChI is InChI=1S/C25H24O12.C5H14NO/c26-15-5-1-13(9-17(15)28)3-7-21(31)36-20-12-25(24(34)35,11-19(30)23(20)33)37-22(32)8-4-14-2-6-16(27)18(29)10-14;1-6(2,3)4-5-7/h1-10,19-20,23,26-30,33H,11-12H2,(H,34,35);7H,4-5H2,1-3H3/q;+1/p-1/b7-3+,8-4+;/t19-,20-,23+,25-;/m0./s1. The highest BCUT2D eigenvalue weighted by molar-refractivity contribution is 5.90. The minimum absolute atomic E-state index is 0.273. The van der Waals surface area contributed by atoms with Crippen LogP contribution in [0, 0.1) is 0 Å². The summed E-state index contributed by atoms with van der Waals surface area (Å²) in [6.45, 7) is 1.11. The van der Waals surface area contributed by atoms with Crippen molar-refractivity contribution in [2.24, 2.45) is 0 Å². The van der Waals surface area contributed by atoms with E-state index < -0.39 is 66.2 Å². The zero-order chi connectivity index (χ0) is 33.2. The number of nitrogens with zero attached hydrogens (tertiary/aromatic N) is 1. The lowest BCUT2D eigenvalue weighted by Gasteiger charge is -2.44. The fraction of sp³-hybridized carbons (Fsp3) is 0.367. The van der Waals surface area contributed by atoms with Crippen molar-refractivity contribution in [1.29, 1.82) is 0 Å². The minimum Gasteiger partial charge on any atom is -0.546 e. The van der Waals surface area contributed by atoms with E-state index in [2.05, 4.69) is 21.1 Å². The lowest BCUT2D eigenvalue weighted by molar-refractivity contribution is -0.870. The number of aromatic hydroxyl groups is 4. The van der Waals surface area contributed by atoms with Crippen molar-refractivity contribution in [2.75, 3.05) is 34.3 Å². The van der Waals surface area contributed by atoms with Crippen molar-refractivity contribution in [3.8, 4) is 23.0 Å². The van der Waals surface area contributed by atoms with Gasteiger partial charge in [-0.3, -0.25) is 0 Å². The van der Waals surface area contributed by atoms with Gasteiger partial charge in [0.2, 0.25) is 0 Å². The van der Waals surface area contributed by atoms with Crippen LogP contribution in [0.15, 0.2) is 48.6 Å². The topological polar surface area (TPSA) is 234 Å². The molecular weight excluding hydrogens is 582 g/mol. The fourth-order valence-electron chi connectivity index (χ4n) is 3.97. The largest absolute Gasteiger partial charge is 0.546 e. The molecule has 0 unspecified atom stereocenters. The molecule has 1 aliphatic carbocycles. The number of aliphatic hydroxyl groups is 3. The van der Waals surface area contributed by atoms with Gasteiger partial charge in [-0.15, -0.1) is 0 Å². The van der Waals surface area contributed by atoms with E-state index in [0.29, 0.717) is 5.56 Å². The third-order valence-electron chi connectivity index (χ3n) is 6.37. The number of likely N-dealkylation sites (N-methyl/N-ethyl adjacent to an activating group) is 1. The van der Waals surface area contributed by atoms with Crippen molar-refractivity contribution in [3.05, 3.63) is 59.7 Å². The van der Waals surface area contributed by atoms with Crippen LogP contribution in [-0.2, 0) is 23.9 Å². The molecule has 3 rings (SSSR count). The Morgan fingerprint density at radius 2 is 1.36 bits per heavy atom. The number of rotatable bonds is 9. The Labute approximate surface area is 253 Å². The molecule has 1 aliphatic rings. The monoisotopic (exact) mass is 619 g/mol. The maximum atomic E-state index is 12.4. The molecule has 2 aromatic rings. The predicted molar refractivity (Wildman–Crippen MR) is 153 cm³/mol. The first-order valence-electron chi connectivity index (χ1n) is 13.3. The molecule has 240 valence electrons. The van der Waals surface area contributed by atoms with E-state index in [1.165, 1.54) is 36.4 Å². The van der Waals surface area contributed by atoms with E-state index in [1.807, 2.05) is 0 Å². The number of phenolic OH excluding ortho intramolecular Hbond substituents is 4. The normalized spacial score (nSPS) is 21.8. The Morgan fingerprint density at radius 3 is 1.77 bits per heavy atom. The Morgan fingerprint density at radius 1 is 0.864 bits per heavy atom. The molecule has 0 saturated heterocycles. The average Bonchev–Trinajstić information content (AvgIpc) is 2.92. The van der Waals surface area contributed by atoms with Gasteiger partial charge in [-0.25, -0.2) is 9.59 Å². The number of carbonyl (C=O) groups is 3. The number of esters is 2. The molecule has 0 aliphatic heterocycles. The summed E-state index contributed by atoms with van der Waals surface area (Å²) in [6, 6.07) is 7.38. The molecule has 1 saturated carbocycles. The molecule has 7 N–H and O–H groups in total. The van der Waals surface area contributed by atoms with Crippen LogP contribution >= 0.6 is 0 Å². The molecule has 0 radical (unpaired) electrons. The molecular formula is C30H37NO13. The first kappa shape index (κ1) is 35.6. The van der Waals surface area contributed by atoms with E-state index in [-0.39, 0.29) is 23.7 Å². The number of aliphatic carboxylic acids is 1. The number of hydrogen-bond donors (Lipinski definition) is 7. The van der Waals surface area contributed by atoms with Gasteiger partial charge in [0.1, 0.15) is 18.8 Å². The van der Waals surface area contributed by atoms with Gasteiger partial charge in [0.25, 0.3) is 0 Å². The Bertz CT molecular complexity index is 1380. The third-order valence-corrected chi connectivity index (χ3v) is 6.37. The molecule has 0 aromatic heterocycles. The minimum atomic E-state index is -2.45. The Balaban J connectivity index is 0.000000860.